The van der Waals surface area contributed by atoms with Gasteiger partial charge >= 0.3 is 17.9 Å². The molecule has 0 aromatic heterocycles. The Morgan fingerprint density at radius 3 is 0.910 bits per heavy atom. The molecule has 0 amide bonds. The zero-order valence-corrected chi connectivity index (χ0v) is 43.6. The van der Waals surface area contributed by atoms with Crippen LogP contribution in [0.4, 0.5) is 0 Å². The number of esters is 3. The number of allylic oxidation sites excluding steroid dienone is 16. The predicted octanol–water partition coefficient (Wildman–Crippen LogP) is 18.5. The molecule has 0 radical (unpaired) electrons. The number of unbranched alkanes of at least 4 members (excludes halogenated alkanes) is 22. The minimum atomic E-state index is -0.794. The van der Waals surface area contributed by atoms with Gasteiger partial charge in [-0.1, -0.05) is 214 Å². The van der Waals surface area contributed by atoms with Gasteiger partial charge in [-0.25, -0.2) is 0 Å². The van der Waals surface area contributed by atoms with E-state index in [0.717, 1.165) is 135 Å². The molecular formula is C61H102O6. The summed E-state index contributed by atoms with van der Waals surface area (Å²) in [5.41, 5.74) is 0. The molecular weight excluding hydrogens is 829 g/mol. The average molecular weight is 931 g/mol. The average Bonchev–Trinajstić information content (AvgIpc) is 3.33. The standard InChI is InChI=1S/C61H102O6/c1-4-7-10-13-16-19-22-25-28-30-33-36-39-42-45-48-51-54-60(63)66-57-58(56-65-59(62)53-50-47-44-41-38-35-32-27-24-21-18-15-12-9-6-3)67-61(64)55-52-49-46-43-40-37-34-31-29-26-23-20-17-14-11-8-5-2/h7,9-10,12,16-21,25-29,32,58H,4-6,8,11,13-15,22-24,30-31,33-57H2,1-3H3/b10-7-,12-9-,19-16-,20-17-,21-18-,28-25-,29-26-,32-27-. The molecule has 0 saturated carbocycles. The van der Waals surface area contributed by atoms with Crippen molar-refractivity contribution in [2.45, 2.75) is 258 Å². The first-order chi connectivity index (χ1) is 33.0. The lowest BCUT2D eigenvalue weighted by atomic mass is 10.1. The van der Waals surface area contributed by atoms with E-state index in [1.807, 2.05) is 0 Å². The Labute approximate surface area is 413 Å². The number of hydrogen-bond acceptors (Lipinski definition) is 6. The van der Waals surface area contributed by atoms with Gasteiger partial charge in [0.15, 0.2) is 6.10 Å². The normalized spacial score (nSPS) is 12.8. The first-order valence-electron chi connectivity index (χ1n) is 27.7. The summed E-state index contributed by atoms with van der Waals surface area (Å²) in [6.45, 7) is 6.37. The van der Waals surface area contributed by atoms with Crippen molar-refractivity contribution < 1.29 is 28.6 Å². The van der Waals surface area contributed by atoms with Crippen LogP contribution in [0, 0.1) is 0 Å². The molecule has 0 heterocycles. The van der Waals surface area contributed by atoms with Gasteiger partial charge in [-0.05, 0) is 116 Å². The van der Waals surface area contributed by atoms with Crippen LogP contribution in [0.15, 0.2) is 97.2 Å². The van der Waals surface area contributed by atoms with Crippen molar-refractivity contribution in [3.05, 3.63) is 97.2 Å². The third kappa shape index (κ3) is 53.2. The molecule has 0 aromatic rings. The number of carbonyl (C=O) groups excluding carboxylic acids is 3. The van der Waals surface area contributed by atoms with E-state index in [1.54, 1.807) is 0 Å². The maximum absolute atomic E-state index is 12.8. The van der Waals surface area contributed by atoms with Gasteiger partial charge in [0.25, 0.3) is 0 Å². The zero-order chi connectivity index (χ0) is 48.6. The van der Waals surface area contributed by atoms with Crippen molar-refractivity contribution in [2.75, 3.05) is 13.2 Å². The monoisotopic (exact) mass is 931 g/mol. The summed E-state index contributed by atoms with van der Waals surface area (Å²) in [7, 11) is 0. The van der Waals surface area contributed by atoms with Gasteiger partial charge < -0.3 is 14.2 Å². The molecule has 0 aliphatic rings. The van der Waals surface area contributed by atoms with E-state index in [2.05, 4.69) is 118 Å². The molecule has 6 nitrogen and oxygen atoms in total. The van der Waals surface area contributed by atoms with Gasteiger partial charge in [0, 0.05) is 19.3 Å². The molecule has 6 heteroatoms. The highest BCUT2D eigenvalue weighted by atomic mass is 16.6. The van der Waals surface area contributed by atoms with E-state index >= 15 is 0 Å². The molecule has 0 N–H and O–H groups in total. The number of carbonyl (C=O) groups is 3. The largest absolute Gasteiger partial charge is 0.462 e. The summed E-state index contributed by atoms with van der Waals surface area (Å²) in [4.78, 5) is 38.1. The highest BCUT2D eigenvalue weighted by Gasteiger charge is 2.19. The van der Waals surface area contributed by atoms with Crippen LogP contribution in [0.5, 0.6) is 0 Å². The van der Waals surface area contributed by atoms with Crippen LogP contribution >= 0.6 is 0 Å². The Morgan fingerprint density at radius 2 is 0.582 bits per heavy atom. The van der Waals surface area contributed by atoms with E-state index in [-0.39, 0.29) is 31.1 Å². The fourth-order valence-corrected chi connectivity index (χ4v) is 7.44. The number of hydrogen-bond donors (Lipinski definition) is 0. The second kappa shape index (κ2) is 54.9. The maximum Gasteiger partial charge on any atom is 0.306 e. The third-order valence-corrected chi connectivity index (χ3v) is 11.6. The molecule has 0 aliphatic heterocycles. The van der Waals surface area contributed by atoms with Crippen LogP contribution in [0.2, 0.25) is 0 Å². The predicted molar refractivity (Wildman–Crippen MR) is 288 cm³/mol. The van der Waals surface area contributed by atoms with Crippen LogP contribution in [-0.4, -0.2) is 37.2 Å². The Bertz CT molecular complexity index is 1350. The quantitative estimate of drug-likeness (QED) is 0.0262. The van der Waals surface area contributed by atoms with Gasteiger partial charge in [0.05, 0.1) is 0 Å². The Hall–Kier alpha value is -3.67. The van der Waals surface area contributed by atoms with Crippen LogP contribution in [0.25, 0.3) is 0 Å². The van der Waals surface area contributed by atoms with Gasteiger partial charge in [0.2, 0.25) is 0 Å². The Kier molecular flexibility index (Phi) is 51.9. The highest BCUT2D eigenvalue weighted by Crippen LogP contribution is 2.14. The number of rotatable bonds is 49. The molecule has 0 bridgehead atoms. The van der Waals surface area contributed by atoms with E-state index in [1.165, 1.54) is 77.0 Å². The third-order valence-electron chi connectivity index (χ3n) is 11.6. The Morgan fingerprint density at radius 1 is 0.313 bits per heavy atom. The Balaban J connectivity index is 4.45. The van der Waals surface area contributed by atoms with Gasteiger partial charge in [0.1, 0.15) is 13.2 Å². The van der Waals surface area contributed by atoms with Crippen LogP contribution < -0.4 is 0 Å². The summed E-state index contributed by atoms with van der Waals surface area (Å²) in [6, 6.07) is 0. The SMILES string of the molecule is CC/C=C\C/C=C\C/C=C\CCCCCCCCCC(=O)OCC(COC(=O)CCCCCCC/C=C\C/C=C\C/C=C\CC)OC(=O)CCCCCCCCC/C=C\C/C=C\CCCCC. The molecule has 67 heavy (non-hydrogen) atoms. The fourth-order valence-electron chi connectivity index (χ4n) is 7.44. The zero-order valence-electron chi connectivity index (χ0n) is 43.6. The highest BCUT2D eigenvalue weighted by molar-refractivity contribution is 5.71. The first-order valence-corrected chi connectivity index (χ1v) is 27.7. The van der Waals surface area contributed by atoms with Crippen LogP contribution in [0.1, 0.15) is 252 Å². The topological polar surface area (TPSA) is 78.9 Å². The summed E-state index contributed by atoms with van der Waals surface area (Å²) in [5, 5.41) is 0. The van der Waals surface area contributed by atoms with Crippen molar-refractivity contribution in [3.8, 4) is 0 Å². The van der Waals surface area contributed by atoms with Crippen LogP contribution in [-0.2, 0) is 28.6 Å². The summed E-state index contributed by atoms with van der Waals surface area (Å²) in [6.07, 6.45) is 72.4. The lowest BCUT2D eigenvalue weighted by Gasteiger charge is -2.18. The summed E-state index contributed by atoms with van der Waals surface area (Å²) >= 11 is 0. The molecule has 1 unspecified atom stereocenters. The molecule has 0 aromatic carbocycles. The fraction of sp³-hybridized carbons (Fsp3) is 0.689. The molecule has 0 spiro atoms. The molecule has 0 aliphatic carbocycles. The van der Waals surface area contributed by atoms with Crippen LogP contribution in [0.3, 0.4) is 0 Å². The second-order valence-corrected chi connectivity index (χ2v) is 18.1. The second-order valence-electron chi connectivity index (χ2n) is 18.1. The first kappa shape index (κ1) is 63.3. The van der Waals surface area contributed by atoms with Crippen molar-refractivity contribution in [3.63, 3.8) is 0 Å². The summed E-state index contributed by atoms with van der Waals surface area (Å²) < 4.78 is 16.8. The van der Waals surface area contributed by atoms with E-state index < -0.39 is 6.10 Å². The lowest BCUT2D eigenvalue weighted by molar-refractivity contribution is -0.167. The molecule has 0 rings (SSSR count). The molecule has 0 saturated heterocycles. The lowest BCUT2D eigenvalue weighted by Crippen LogP contribution is -2.30. The smallest absolute Gasteiger partial charge is 0.306 e. The van der Waals surface area contributed by atoms with Crippen molar-refractivity contribution in [1.82, 2.24) is 0 Å². The van der Waals surface area contributed by atoms with Crippen molar-refractivity contribution in [1.29, 1.82) is 0 Å². The van der Waals surface area contributed by atoms with E-state index in [0.29, 0.717) is 19.3 Å². The number of ether oxygens (including phenoxy) is 3. The van der Waals surface area contributed by atoms with Gasteiger partial charge in [-0.15, -0.1) is 0 Å². The molecule has 1 atom stereocenters. The van der Waals surface area contributed by atoms with Gasteiger partial charge in [-0.2, -0.15) is 0 Å². The molecule has 382 valence electrons. The minimum absolute atomic E-state index is 0.0924. The minimum Gasteiger partial charge on any atom is -0.462 e. The molecule has 0 fully saturated rings. The van der Waals surface area contributed by atoms with Crippen molar-refractivity contribution >= 4 is 17.9 Å². The maximum atomic E-state index is 12.8. The van der Waals surface area contributed by atoms with Crippen molar-refractivity contribution in [2.24, 2.45) is 0 Å². The van der Waals surface area contributed by atoms with E-state index in [9.17, 15) is 14.4 Å². The van der Waals surface area contributed by atoms with Gasteiger partial charge in [-0.3, -0.25) is 14.4 Å². The van der Waals surface area contributed by atoms with E-state index in [4.69, 9.17) is 14.2 Å². The summed E-state index contributed by atoms with van der Waals surface area (Å²) in [5.74, 6) is -0.925.